The fourth-order valence-corrected chi connectivity index (χ4v) is 3.87. The minimum atomic E-state index is -0.505. The van der Waals surface area contributed by atoms with Gasteiger partial charge in [0.05, 0.1) is 17.4 Å². The Morgan fingerprint density at radius 1 is 1.25 bits per heavy atom. The lowest BCUT2D eigenvalue weighted by Crippen LogP contribution is -2.37. The van der Waals surface area contributed by atoms with Crippen molar-refractivity contribution in [3.8, 4) is 23.1 Å². The number of carbonyl (C=O) groups excluding carboxylic acids is 2. The number of Topliss-reactive ketones (excluding diaryl/α,β-unsaturated/α-hetero) is 1. The number of nitrogens with one attached hydrogen (secondary N) is 1. The number of hydrogen-bond acceptors (Lipinski definition) is 6. The van der Waals surface area contributed by atoms with E-state index in [9.17, 15) is 24.3 Å². The van der Waals surface area contributed by atoms with Gasteiger partial charge in [0.25, 0.3) is 5.91 Å². The Labute approximate surface area is 209 Å². The van der Waals surface area contributed by atoms with Gasteiger partial charge in [-0.25, -0.2) is 9.37 Å². The van der Waals surface area contributed by atoms with E-state index in [4.69, 9.17) is 4.74 Å². The van der Waals surface area contributed by atoms with E-state index in [0.29, 0.717) is 17.0 Å². The van der Waals surface area contributed by atoms with Crippen LogP contribution in [-0.2, 0) is 13.5 Å². The van der Waals surface area contributed by atoms with Crippen molar-refractivity contribution >= 4 is 11.7 Å². The number of ether oxygens (including phenoxy) is 1. The van der Waals surface area contributed by atoms with E-state index >= 15 is 0 Å². The molecule has 0 radical (unpaired) electrons. The van der Waals surface area contributed by atoms with Crippen molar-refractivity contribution in [2.24, 2.45) is 7.05 Å². The summed E-state index contributed by atoms with van der Waals surface area (Å²) in [6, 6.07) is 10.8. The Kier molecular flexibility index (Phi) is 8.56. The molecule has 0 aliphatic carbocycles. The summed E-state index contributed by atoms with van der Waals surface area (Å²) in [5, 5.41) is 21.8. The van der Waals surface area contributed by atoms with Crippen LogP contribution in [0.2, 0.25) is 0 Å². The first kappa shape index (κ1) is 26.6. The van der Waals surface area contributed by atoms with Gasteiger partial charge in [-0.3, -0.25) is 9.59 Å². The molecule has 2 N–H and O–H groups in total. The molecule has 0 saturated heterocycles. The molecule has 2 aromatic carbocycles. The molecule has 1 amide bonds. The quantitative estimate of drug-likeness (QED) is 0.416. The number of amides is 1. The summed E-state index contributed by atoms with van der Waals surface area (Å²) in [4.78, 5) is 28.7. The van der Waals surface area contributed by atoms with Crippen molar-refractivity contribution in [3.05, 3.63) is 70.9 Å². The van der Waals surface area contributed by atoms with Crippen molar-refractivity contribution in [1.29, 1.82) is 5.26 Å². The normalized spacial score (nSPS) is 11.7. The second-order valence-electron chi connectivity index (χ2n) is 8.81. The highest BCUT2D eigenvalue weighted by Gasteiger charge is 2.19. The second-order valence-corrected chi connectivity index (χ2v) is 8.81. The molecule has 1 aromatic heterocycles. The second kappa shape index (κ2) is 11.6. The van der Waals surface area contributed by atoms with Crippen LogP contribution in [0.15, 0.2) is 42.6 Å². The Morgan fingerprint density at radius 3 is 2.58 bits per heavy atom. The zero-order chi connectivity index (χ0) is 26.4. The van der Waals surface area contributed by atoms with Gasteiger partial charge in [-0.1, -0.05) is 6.07 Å². The van der Waals surface area contributed by atoms with Crippen molar-refractivity contribution in [1.82, 2.24) is 14.9 Å². The average molecular weight is 493 g/mol. The van der Waals surface area contributed by atoms with Gasteiger partial charge in [-0.15, -0.1) is 0 Å². The number of nitrogens with zero attached hydrogens (tertiary/aromatic N) is 3. The number of nitriles is 1. The fraction of sp³-hybridized carbons (Fsp3) is 0.333. The fourth-order valence-electron chi connectivity index (χ4n) is 3.87. The van der Waals surface area contributed by atoms with Crippen molar-refractivity contribution < 1.29 is 23.8 Å². The third-order valence-electron chi connectivity index (χ3n) is 5.52. The smallest absolute Gasteiger partial charge is 0.251 e. The first-order valence-corrected chi connectivity index (χ1v) is 11.6. The molecule has 1 heterocycles. The van der Waals surface area contributed by atoms with Gasteiger partial charge >= 0.3 is 0 Å². The Balaban J connectivity index is 1.76. The van der Waals surface area contributed by atoms with E-state index in [1.165, 1.54) is 19.1 Å². The Bertz CT molecular complexity index is 1310. The summed E-state index contributed by atoms with van der Waals surface area (Å²) in [7, 11) is 1.67. The topological polar surface area (TPSA) is 117 Å². The highest BCUT2D eigenvalue weighted by atomic mass is 19.1. The van der Waals surface area contributed by atoms with Crippen LogP contribution in [0.5, 0.6) is 5.75 Å². The molecular weight excluding hydrogens is 463 g/mol. The minimum absolute atomic E-state index is 0.119. The summed E-state index contributed by atoms with van der Waals surface area (Å²) >= 11 is 0. The molecule has 0 aliphatic rings. The van der Waals surface area contributed by atoms with E-state index in [-0.39, 0.29) is 53.9 Å². The summed E-state index contributed by atoms with van der Waals surface area (Å²) in [6.07, 6.45) is 2.02. The predicted molar refractivity (Wildman–Crippen MR) is 132 cm³/mol. The van der Waals surface area contributed by atoms with Crippen LogP contribution in [0.4, 0.5) is 4.39 Å². The highest BCUT2D eigenvalue weighted by molar-refractivity contribution is 5.95. The van der Waals surface area contributed by atoms with E-state index in [2.05, 4.69) is 10.3 Å². The molecule has 1 unspecified atom stereocenters. The number of aliphatic hydroxyl groups is 1. The molecule has 0 bridgehead atoms. The first-order chi connectivity index (χ1) is 17.1. The zero-order valence-electron chi connectivity index (χ0n) is 20.7. The minimum Gasteiger partial charge on any atom is -0.490 e. The molecule has 3 aromatic rings. The van der Waals surface area contributed by atoms with Crippen LogP contribution in [-0.4, -0.2) is 45.1 Å². The molecule has 3 rings (SSSR count). The Morgan fingerprint density at radius 2 is 2.00 bits per heavy atom. The highest BCUT2D eigenvalue weighted by Crippen LogP contribution is 2.24. The molecule has 0 aliphatic heterocycles. The number of hydrogen-bond donors (Lipinski definition) is 2. The van der Waals surface area contributed by atoms with E-state index in [1.807, 2.05) is 19.9 Å². The predicted octanol–water partition coefficient (Wildman–Crippen LogP) is 3.81. The van der Waals surface area contributed by atoms with E-state index in [1.54, 1.807) is 42.1 Å². The largest absolute Gasteiger partial charge is 0.490 e. The van der Waals surface area contributed by atoms with Gasteiger partial charge in [-0.05, 0) is 62.6 Å². The lowest BCUT2D eigenvalue weighted by molar-refractivity contribution is 0.0929. The Hall–Kier alpha value is -4.03. The van der Waals surface area contributed by atoms with E-state index < -0.39 is 17.8 Å². The third kappa shape index (κ3) is 6.34. The van der Waals surface area contributed by atoms with Gasteiger partial charge in [0.2, 0.25) is 0 Å². The number of halogens is 1. The zero-order valence-corrected chi connectivity index (χ0v) is 20.7. The maximum absolute atomic E-state index is 14.9. The van der Waals surface area contributed by atoms with Gasteiger partial charge in [0, 0.05) is 43.9 Å². The van der Waals surface area contributed by atoms with Crippen LogP contribution >= 0.6 is 0 Å². The number of aliphatic hydroxyl groups excluding tert-OH is 1. The molecule has 8 nitrogen and oxygen atoms in total. The van der Waals surface area contributed by atoms with E-state index in [0.717, 1.165) is 0 Å². The van der Waals surface area contributed by atoms with Crippen molar-refractivity contribution in [3.63, 3.8) is 0 Å². The number of aryl methyl sites for hydroxylation is 1. The monoisotopic (exact) mass is 492 g/mol. The first-order valence-electron chi connectivity index (χ1n) is 11.6. The van der Waals surface area contributed by atoms with Crippen LogP contribution < -0.4 is 10.1 Å². The lowest BCUT2D eigenvalue weighted by Gasteiger charge is -2.19. The number of ketones is 1. The lowest BCUT2D eigenvalue weighted by atomic mass is 10.0. The molecule has 1 atom stereocenters. The van der Waals surface area contributed by atoms with Crippen LogP contribution in [0.3, 0.4) is 0 Å². The molecular formula is C27H29FN4O4. The van der Waals surface area contributed by atoms with Crippen LogP contribution in [0.25, 0.3) is 11.3 Å². The molecule has 0 spiro atoms. The van der Waals surface area contributed by atoms with Gasteiger partial charge in [0.15, 0.2) is 11.6 Å². The van der Waals surface area contributed by atoms with Crippen LogP contribution in [0, 0.1) is 17.1 Å². The standard InChI is InChI=1S/C27H29FN4O4/c1-16(2)36-25-8-6-19(13-20(25)14-29)27(35)30-21(9-10-33)11-18-5-7-22(23(28)12-18)24-15-32(4)26(31-24)17(3)34/h5-8,12-13,15-16,21,33H,9-11H2,1-4H3,(H,30,35). The van der Waals surface area contributed by atoms with Gasteiger partial charge in [0.1, 0.15) is 17.6 Å². The number of rotatable bonds is 10. The average Bonchev–Trinajstić information content (AvgIpc) is 3.20. The molecule has 188 valence electrons. The summed E-state index contributed by atoms with van der Waals surface area (Å²) < 4.78 is 22.1. The van der Waals surface area contributed by atoms with Crippen molar-refractivity contribution in [2.75, 3.05) is 6.61 Å². The number of benzene rings is 2. The molecule has 9 heteroatoms. The summed E-state index contributed by atoms with van der Waals surface area (Å²) in [6.45, 7) is 4.92. The number of imidazole rings is 1. The summed E-state index contributed by atoms with van der Waals surface area (Å²) in [5.41, 5.74) is 1.76. The third-order valence-corrected chi connectivity index (χ3v) is 5.52. The van der Waals surface area contributed by atoms with Gasteiger partial charge in [-0.2, -0.15) is 5.26 Å². The number of aromatic nitrogens is 2. The van der Waals surface area contributed by atoms with Gasteiger partial charge < -0.3 is 19.7 Å². The van der Waals surface area contributed by atoms with Crippen LogP contribution in [0.1, 0.15) is 59.3 Å². The molecule has 36 heavy (non-hydrogen) atoms. The summed E-state index contributed by atoms with van der Waals surface area (Å²) in [5.74, 6) is -0.498. The van der Waals surface area contributed by atoms with Crippen molar-refractivity contribution in [2.45, 2.75) is 45.8 Å². The molecule has 0 saturated carbocycles. The SMILES string of the molecule is CC(=O)c1nc(-c2ccc(CC(CCO)NC(=O)c3ccc(OC(C)C)c(C#N)c3)cc2F)cn1C. The number of carbonyl (C=O) groups is 2. The maximum atomic E-state index is 14.9. The molecule has 0 fully saturated rings. The maximum Gasteiger partial charge on any atom is 0.251 e.